The van der Waals surface area contributed by atoms with Gasteiger partial charge in [0.1, 0.15) is 6.04 Å². The normalized spacial score (nSPS) is 16.4. The molecule has 2 N–H and O–H groups in total. The number of carbonyl (C=O) groups excluding carboxylic acids is 2. The summed E-state index contributed by atoms with van der Waals surface area (Å²) in [5.74, 6) is -0.429. The van der Waals surface area contributed by atoms with Crippen LogP contribution in [0.3, 0.4) is 0 Å². The van der Waals surface area contributed by atoms with E-state index in [-0.39, 0.29) is 35.7 Å². The minimum atomic E-state index is -3.57. The molecule has 0 saturated carbocycles. The van der Waals surface area contributed by atoms with Crippen LogP contribution in [0.2, 0.25) is 0 Å². The molecule has 0 bridgehead atoms. The molecule has 1 aliphatic rings. The second-order valence-corrected chi connectivity index (χ2v) is 10.9. The van der Waals surface area contributed by atoms with Gasteiger partial charge >= 0.3 is 0 Å². The molecule has 0 aromatic heterocycles. The van der Waals surface area contributed by atoms with Crippen molar-refractivity contribution in [1.82, 2.24) is 9.62 Å². The number of carbonyl (C=O) groups is 2. The summed E-state index contributed by atoms with van der Waals surface area (Å²) in [5, 5.41) is 5.60. The van der Waals surface area contributed by atoms with E-state index in [4.69, 9.17) is 0 Å². The molecule has 1 fully saturated rings. The lowest BCUT2D eigenvalue weighted by Crippen LogP contribution is -2.47. The van der Waals surface area contributed by atoms with Crippen molar-refractivity contribution in [3.8, 4) is 0 Å². The third-order valence-electron chi connectivity index (χ3n) is 6.08. The molecule has 0 unspecified atom stereocenters. The molecule has 2 aromatic rings. The Bertz CT molecular complexity index is 1070. The minimum Gasteiger partial charge on any atom is -0.344 e. The first-order chi connectivity index (χ1) is 15.6. The zero-order valence-electron chi connectivity index (χ0n) is 19.7. The van der Waals surface area contributed by atoms with Gasteiger partial charge in [-0.25, -0.2) is 8.42 Å². The standard InChI is InChI=1S/C25H33N3O4S/c1-17(2)20-7-9-22(10-8-20)27-24(29)19(4)26-25(30)21-13-15-28(16-14-21)33(31,32)23-11-5-18(3)6-12-23/h5-12,17,19,21H,13-16H2,1-4H3,(H,26,30)(H,27,29)/t19-/m1/s1. The monoisotopic (exact) mass is 471 g/mol. The number of piperidine rings is 1. The number of amides is 2. The molecule has 8 heteroatoms. The van der Waals surface area contributed by atoms with Crippen molar-refractivity contribution in [1.29, 1.82) is 0 Å². The molecule has 2 amide bonds. The van der Waals surface area contributed by atoms with Crippen LogP contribution in [0.15, 0.2) is 53.4 Å². The van der Waals surface area contributed by atoms with Gasteiger partial charge in [0.05, 0.1) is 4.90 Å². The third-order valence-corrected chi connectivity index (χ3v) is 7.99. The van der Waals surface area contributed by atoms with E-state index in [0.717, 1.165) is 5.56 Å². The predicted octanol–water partition coefficient (Wildman–Crippen LogP) is 3.66. The van der Waals surface area contributed by atoms with Crippen molar-refractivity contribution < 1.29 is 18.0 Å². The number of nitrogens with one attached hydrogen (secondary N) is 2. The van der Waals surface area contributed by atoms with Crippen molar-refractivity contribution in [2.45, 2.75) is 57.4 Å². The zero-order valence-corrected chi connectivity index (χ0v) is 20.5. The van der Waals surface area contributed by atoms with Crippen molar-refractivity contribution in [2.75, 3.05) is 18.4 Å². The van der Waals surface area contributed by atoms with Gasteiger partial charge in [-0.2, -0.15) is 4.31 Å². The van der Waals surface area contributed by atoms with Crippen LogP contribution in [0.25, 0.3) is 0 Å². The Balaban J connectivity index is 1.51. The number of benzene rings is 2. The topological polar surface area (TPSA) is 95.6 Å². The van der Waals surface area contributed by atoms with Crippen LogP contribution >= 0.6 is 0 Å². The number of hydrogen-bond donors (Lipinski definition) is 2. The number of rotatable bonds is 7. The molecule has 1 aliphatic heterocycles. The van der Waals surface area contributed by atoms with Gasteiger partial charge in [-0.05, 0) is 62.4 Å². The van der Waals surface area contributed by atoms with E-state index in [2.05, 4.69) is 24.5 Å². The van der Waals surface area contributed by atoms with Crippen LogP contribution in [-0.4, -0.2) is 43.7 Å². The van der Waals surface area contributed by atoms with Gasteiger partial charge in [-0.15, -0.1) is 0 Å². The average molecular weight is 472 g/mol. The van der Waals surface area contributed by atoms with E-state index in [9.17, 15) is 18.0 Å². The average Bonchev–Trinajstić information content (AvgIpc) is 2.79. The second kappa shape index (κ2) is 10.5. The predicted molar refractivity (Wildman–Crippen MR) is 129 cm³/mol. The summed E-state index contributed by atoms with van der Waals surface area (Å²) in [6.45, 7) is 8.31. The van der Waals surface area contributed by atoms with Crippen LogP contribution < -0.4 is 10.6 Å². The highest BCUT2D eigenvalue weighted by atomic mass is 32.2. The van der Waals surface area contributed by atoms with Crippen LogP contribution in [-0.2, 0) is 19.6 Å². The summed E-state index contributed by atoms with van der Waals surface area (Å²) in [4.78, 5) is 25.5. The first-order valence-corrected chi connectivity index (χ1v) is 12.8. The highest BCUT2D eigenvalue weighted by Gasteiger charge is 2.32. The van der Waals surface area contributed by atoms with Crippen molar-refractivity contribution in [2.24, 2.45) is 5.92 Å². The Morgan fingerprint density at radius 3 is 2.06 bits per heavy atom. The maximum Gasteiger partial charge on any atom is 0.246 e. The van der Waals surface area contributed by atoms with Gasteiger partial charge in [0.25, 0.3) is 0 Å². The summed E-state index contributed by atoms with van der Waals surface area (Å²) >= 11 is 0. The molecular formula is C25H33N3O4S. The van der Waals surface area contributed by atoms with E-state index >= 15 is 0 Å². The summed E-state index contributed by atoms with van der Waals surface area (Å²) in [6.07, 6.45) is 0.837. The van der Waals surface area contributed by atoms with Crippen molar-refractivity contribution in [3.05, 3.63) is 59.7 Å². The molecular weight excluding hydrogens is 438 g/mol. The highest BCUT2D eigenvalue weighted by Crippen LogP contribution is 2.24. The Morgan fingerprint density at radius 2 is 1.52 bits per heavy atom. The fraction of sp³-hybridized carbons (Fsp3) is 0.440. The van der Waals surface area contributed by atoms with Gasteiger partial charge in [-0.1, -0.05) is 43.7 Å². The van der Waals surface area contributed by atoms with Gasteiger partial charge in [-0.3, -0.25) is 9.59 Å². The van der Waals surface area contributed by atoms with Crippen LogP contribution in [0.4, 0.5) is 5.69 Å². The van der Waals surface area contributed by atoms with Gasteiger partial charge in [0, 0.05) is 24.7 Å². The van der Waals surface area contributed by atoms with E-state index < -0.39 is 16.1 Å². The molecule has 7 nitrogen and oxygen atoms in total. The van der Waals surface area contributed by atoms with E-state index in [0.29, 0.717) is 24.4 Å². The van der Waals surface area contributed by atoms with Crippen molar-refractivity contribution in [3.63, 3.8) is 0 Å². The lowest BCUT2D eigenvalue weighted by Gasteiger charge is -2.31. The Labute approximate surface area is 196 Å². The SMILES string of the molecule is Cc1ccc(S(=O)(=O)N2CCC(C(=O)N[C@H](C)C(=O)Nc3ccc(C(C)C)cc3)CC2)cc1. The molecule has 1 atom stereocenters. The number of hydrogen-bond acceptors (Lipinski definition) is 4. The Kier molecular flexibility index (Phi) is 7.92. The number of nitrogens with zero attached hydrogens (tertiary/aromatic N) is 1. The van der Waals surface area contributed by atoms with Crippen LogP contribution in [0.1, 0.15) is 50.7 Å². The van der Waals surface area contributed by atoms with Crippen LogP contribution in [0, 0.1) is 12.8 Å². The largest absolute Gasteiger partial charge is 0.344 e. The zero-order chi connectivity index (χ0) is 24.2. The smallest absolute Gasteiger partial charge is 0.246 e. The quantitative estimate of drug-likeness (QED) is 0.644. The molecule has 0 radical (unpaired) electrons. The molecule has 178 valence electrons. The van der Waals surface area contributed by atoms with Crippen LogP contribution in [0.5, 0.6) is 0 Å². The molecule has 2 aromatic carbocycles. The van der Waals surface area contributed by atoms with Crippen molar-refractivity contribution >= 4 is 27.5 Å². The van der Waals surface area contributed by atoms with Gasteiger partial charge < -0.3 is 10.6 Å². The molecule has 3 rings (SSSR count). The first-order valence-electron chi connectivity index (χ1n) is 11.4. The number of aryl methyl sites for hydroxylation is 1. The lowest BCUT2D eigenvalue weighted by atomic mass is 9.97. The lowest BCUT2D eigenvalue weighted by molar-refractivity contribution is -0.129. The fourth-order valence-electron chi connectivity index (χ4n) is 3.82. The van der Waals surface area contributed by atoms with Gasteiger partial charge in [0.15, 0.2) is 0 Å². The molecule has 0 aliphatic carbocycles. The number of anilines is 1. The first kappa shape index (κ1) is 24.9. The fourth-order valence-corrected chi connectivity index (χ4v) is 5.29. The Morgan fingerprint density at radius 1 is 0.939 bits per heavy atom. The minimum absolute atomic E-state index is 0.222. The summed E-state index contributed by atoms with van der Waals surface area (Å²) < 4.78 is 27.1. The molecule has 1 heterocycles. The number of sulfonamides is 1. The molecule has 1 saturated heterocycles. The van der Waals surface area contributed by atoms with E-state index in [1.807, 2.05) is 31.2 Å². The summed E-state index contributed by atoms with van der Waals surface area (Å²) in [7, 11) is -3.57. The highest BCUT2D eigenvalue weighted by molar-refractivity contribution is 7.89. The maximum absolute atomic E-state index is 12.8. The Hall–Kier alpha value is -2.71. The summed E-state index contributed by atoms with van der Waals surface area (Å²) in [5.41, 5.74) is 2.86. The molecule has 33 heavy (non-hydrogen) atoms. The third kappa shape index (κ3) is 6.21. The van der Waals surface area contributed by atoms with E-state index in [1.165, 1.54) is 9.87 Å². The van der Waals surface area contributed by atoms with E-state index in [1.54, 1.807) is 31.2 Å². The van der Waals surface area contributed by atoms with Gasteiger partial charge in [0.2, 0.25) is 21.8 Å². The second-order valence-electron chi connectivity index (χ2n) is 8.99. The maximum atomic E-state index is 12.8. The molecule has 0 spiro atoms. The summed E-state index contributed by atoms with van der Waals surface area (Å²) in [6, 6.07) is 13.7.